The highest BCUT2D eigenvalue weighted by atomic mass is 16.6. The molecule has 1 heterocycles. The van der Waals surface area contributed by atoms with Gasteiger partial charge in [-0.15, -0.1) is 0 Å². The summed E-state index contributed by atoms with van der Waals surface area (Å²) in [4.78, 5) is 48.7. The van der Waals surface area contributed by atoms with Gasteiger partial charge in [0.2, 0.25) is 5.91 Å². The molecule has 2 unspecified atom stereocenters. The minimum absolute atomic E-state index is 0.00609. The van der Waals surface area contributed by atoms with Crippen LogP contribution in [-0.2, 0) is 25.5 Å². The van der Waals surface area contributed by atoms with Gasteiger partial charge in [0.25, 0.3) is 5.69 Å². The number of nitrogens with zero attached hydrogens (tertiary/aromatic N) is 2. The van der Waals surface area contributed by atoms with Gasteiger partial charge in [-0.3, -0.25) is 19.7 Å². The maximum absolute atomic E-state index is 12.9. The molecule has 0 N–H and O–H groups in total. The van der Waals surface area contributed by atoms with E-state index < -0.39 is 22.8 Å². The number of likely N-dealkylation sites (tertiary alicyclic amines) is 1. The molecular weight excluding hydrogens is 428 g/mol. The van der Waals surface area contributed by atoms with E-state index in [4.69, 9.17) is 4.74 Å². The third-order valence-electron chi connectivity index (χ3n) is 5.58. The third kappa shape index (κ3) is 5.62. The van der Waals surface area contributed by atoms with Crippen molar-refractivity contribution in [2.75, 3.05) is 27.3 Å². The van der Waals surface area contributed by atoms with Crippen LogP contribution in [-0.4, -0.2) is 55.0 Å². The van der Waals surface area contributed by atoms with Crippen LogP contribution in [0.4, 0.5) is 5.69 Å². The van der Waals surface area contributed by atoms with Crippen molar-refractivity contribution < 1.29 is 28.8 Å². The minimum Gasteiger partial charge on any atom is -0.468 e. The summed E-state index contributed by atoms with van der Waals surface area (Å²) in [5, 5.41) is 10.8. The van der Waals surface area contributed by atoms with Gasteiger partial charge in [0.1, 0.15) is 5.92 Å². The maximum atomic E-state index is 12.9. The molecule has 0 bridgehead atoms. The number of rotatable bonds is 8. The SMILES string of the molecule is COC(=O)c1ccc(/C=C/C2CN(CCc3ccc([N+](=O)[O-])cc3)C(=O)C2C(=O)OC)cc1. The average Bonchev–Trinajstić information content (AvgIpc) is 3.15. The standard InChI is InChI=1S/C24H24N2O7/c1-32-23(28)18-8-3-16(4-9-18)5-10-19-15-25(22(27)21(19)24(29)33-2)14-13-17-6-11-20(12-7-17)26(30)31/h3-12,19,21H,13-15H2,1-2H3/b10-5+. The molecule has 0 aromatic heterocycles. The zero-order chi connectivity index (χ0) is 24.0. The third-order valence-corrected chi connectivity index (χ3v) is 5.58. The van der Waals surface area contributed by atoms with Gasteiger partial charge in [-0.2, -0.15) is 0 Å². The number of benzene rings is 2. The molecule has 172 valence electrons. The number of esters is 2. The lowest BCUT2D eigenvalue weighted by atomic mass is 9.94. The van der Waals surface area contributed by atoms with Crippen molar-refractivity contribution in [3.8, 4) is 0 Å². The van der Waals surface area contributed by atoms with E-state index in [2.05, 4.69) is 4.74 Å². The summed E-state index contributed by atoms with van der Waals surface area (Å²) < 4.78 is 9.54. The predicted octanol–water partition coefficient (Wildman–Crippen LogP) is 2.88. The van der Waals surface area contributed by atoms with E-state index in [1.165, 1.54) is 26.4 Å². The Labute approximate surface area is 190 Å². The molecule has 1 aliphatic heterocycles. The summed E-state index contributed by atoms with van der Waals surface area (Å²) in [6, 6.07) is 12.9. The number of amides is 1. The fourth-order valence-electron chi connectivity index (χ4n) is 3.74. The molecule has 2 atom stereocenters. The molecule has 2 aromatic carbocycles. The second-order valence-electron chi connectivity index (χ2n) is 7.60. The Morgan fingerprint density at radius 2 is 1.76 bits per heavy atom. The molecule has 1 saturated heterocycles. The molecule has 0 saturated carbocycles. The van der Waals surface area contributed by atoms with E-state index >= 15 is 0 Å². The van der Waals surface area contributed by atoms with Crippen molar-refractivity contribution in [3.05, 3.63) is 81.4 Å². The van der Waals surface area contributed by atoms with Crippen molar-refractivity contribution in [2.24, 2.45) is 11.8 Å². The summed E-state index contributed by atoms with van der Waals surface area (Å²) in [7, 11) is 2.56. The molecule has 9 heteroatoms. The average molecular weight is 452 g/mol. The molecule has 0 radical (unpaired) electrons. The first kappa shape index (κ1) is 23.6. The van der Waals surface area contributed by atoms with Crippen molar-refractivity contribution >= 4 is 29.6 Å². The molecule has 1 fully saturated rings. The van der Waals surface area contributed by atoms with Crippen LogP contribution in [0, 0.1) is 22.0 Å². The number of non-ortho nitro benzene ring substituents is 1. The van der Waals surface area contributed by atoms with Gasteiger partial charge in [-0.25, -0.2) is 4.79 Å². The number of ether oxygens (including phenoxy) is 2. The molecule has 0 spiro atoms. The fourth-order valence-corrected chi connectivity index (χ4v) is 3.74. The Balaban J connectivity index is 1.69. The molecule has 1 aliphatic rings. The predicted molar refractivity (Wildman–Crippen MR) is 119 cm³/mol. The number of hydrogen-bond donors (Lipinski definition) is 0. The highest BCUT2D eigenvalue weighted by molar-refractivity contribution is 6.00. The van der Waals surface area contributed by atoms with Crippen LogP contribution in [0.2, 0.25) is 0 Å². The second kappa shape index (κ2) is 10.5. The Morgan fingerprint density at radius 1 is 1.09 bits per heavy atom. The van der Waals surface area contributed by atoms with E-state index in [1.54, 1.807) is 53.5 Å². The van der Waals surface area contributed by atoms with Crippen LogP contribution < -0.4 is 0 Å². The van der Waals surface area contributed by atoms with E-state index in [0.717, 1.165) is 11.1 Å². The van der Waals surface area contributed by atoms with Gasteiger partial charge in [0.05, 0.1) is 24.7 Å². The van der Waals surface area contributed by atoms with Crippen LogP contribution in [0.25, 0.3) is 6.08 Å². The molecule has 3 rings (SSSR count). The van der Waals surface area contributed by atoms with Crippen molar-refractivity contribution in [3.63, 3.8) is 0 Å². The van der Waals surface area contributed by atoms with Crippen molar-refractivity contribution in [2.45, 2.75) is 6.42 Å². The highest BCUT2D eigenvalue weighted by Gasteiger charge is 2.44. The summed E-state index contributed by atoms with van der Waals surface area (Å²) >= 11 is 0. The van der Waals surface area contributed by atoms with Gasteiger partial charge in [-0.1, -0.05) is 36.4 Å². The lowest BCUT2D eigenvalue weighted by molar-refractivity contribution is -0.384. The van der Waals surface area contributed by atoms with Gasteiger partial charge in [0.15, 0.2) is 0 Å². The maximum Gasteiger partial charge on any atom is 0.337 e. The molecule has 1 amide bonds. The fraction of sp³-hybridized carbons (Fsp3) is 0.292. The van der Waals surface area contributed by atoms with Crippen LogP contribution in [0.15, 0.2) is 54.6 Å². The minimum atomic E-state index is -0.933. The Kier molecular flexibility index (Phi) is 7.55. The molecule has 9 nitrogen and oxygen atoms in total. The lowest BCUT2D eigenvalue weighted by Gasteiger charge is -2.16. The number of hydrogen-bond acceptors (Lipinski definition) is 7. The van der Waals surface area contributed by atoms with Crippen molar-refractivity contribution in [1.82, 2.24) is 4.90 Å². The first-order chi connectivity index (χ1) is 15.8. The van der Waals surface area contributed by atoms with Crippen LogP contribution in [0.5, 0.6) is 0 Å². The zero-order valence-corrected chi connectivity index (χ0v) is 18.3. The van der Waals surface area contributed by atoms with E-state index in [9.17, 15) is 24.5 Å². The van der Waals surface area contributed by atoms with Crippen LogP contribution in [0.1, 0.15) is 21.5 Å². The summed E-state index contributed by atoms with van der Waals surface area (Å²) in [5.41, 5.74) is 2.10. The van der Waals surface area contributed by atoms with Gasteiger partial charge >= 0.3 is 11.9 Å². The first-order valence-electron chi connectivity index (χ1n) is 10.3. The summed E-state index contributed by atoms with van der Waals surface area (Å²) in [5.74, 6) is -2.63. The molecule has 0 aliphatic carbocycles. The first-order valence-corrected chi connectivity index (χ1v) is 10.3. The Morgan fingerprint density at radius 3 is 2.33 bits per heavy atom. The summed E-state index contributed by atoms with van der Waals surface area (Å²) in [6.45, 7) is 0.727. The largest absolute Gasteiger partial charge is 0.468 e. The van der Waals surface area contributed by atoms with Crippen molar-refractivity contribution in [1.29, 1.82) is 0 Å². The van der Waals surface area contributed by atoms with Crippen LogP contribution in [0.3, 0.4) is 0 Å². The Hall–Kier alpha value is -4.01. The number of carbonyl (C=O) groups is 3. The van der Waals surface area contributed by atoms with Gasteiger partial charge in [-0.05, 0) is 29.7 Å². The number of nitro benzene ring substituents is 1. The number of carbonyl (C=O) groups excluding carboxylic acids is 3. The van der Waals surface area contributed by atoms with E-state index in [-0.39, 0.29) is 17.5 Å². The van der Waals surface area contributed by atoms with Gasteiger partial charge < -0.3 is 14.4 Å². The highest BCUT2D eigenvalue weighted by Crippen LogP contribution is 2.28. The van der Waals surface area contributed by atoms with Gasteiger partial charge in [0, 0.05) is 31.1 Å². The van der Waals surface area contributed by atoms with E-state index in [1.807, 2.05) is 0 Å². The number of nitro groups is 1. The molecular formula is C24H24N2O7. The topological polar surface area (TPSA) is 116 Å². The lowest BCUT2D eigenvalue weighted by Crippen LogP contribution is -2.32. The molecule has 33 heavy (non-hydrogen) atoms. The summed E-state index contributed by atoms with van der Waals surface area (Å²) in [6.07, 6.45) is 4.11. The van der Waals surface area contributed by atoms with E-state index in [0.29, 0.717) is 25.1 Å². The Bertz CT molecular complexity index is 1060. The molecule has 2 aromatic rings. The smallest absolute Gasteiger partial charge is 0.337 e. The second-order valence-corrected chi connectivity index (χ2v) is 7.60. The zero-order valence-electron chi connectivity index (χ0n) is 18.3. The normalized spacial score (nSPS) is 17.9. The monoisotopic (exact) mass is 452 g/mol. The number of methoxy groups -OCH3 is 2. The van der Waals surface area contributed by atoms with Crippen LogP contribution >= 0.6 is 0 Å². The quantitative estimate of drug-likeness (QED) is 0.262.